The van der Waals surface area contributed by atoms with E-state index in [2.05, 4.69) is 42.2 Å². The van der Waals surface area contributed by atoms with E-state index in [0.717, 1.165) is 18.2 Å². The zero-order valence-corrected chi connectivity index (χ0v) is 11.3. The van der Waals surface area contributed by atoms with Crippen molar-refractivity contribution in [3.8, 4) is 0 Å². The first-order valence-corrected chi connectivity index (χ1v) is 6.79. The van der Waals surface area contributed by atoms with Gasteiger partial charge in [0.1, 0.15) is 0 Å². The minimum absolute atomic E-state index is 0.454. The summed E-state index contributed by atoms with van der Waals surface area (Å²) in [4.78, 5) is 2.16. The van der Waals surface area contributed by atoms with E-state index in [4.69, 9.17) is 12.2 Å². The maximum atomic E-state index is 5.16. The summed E-state index contributed by atoms with van der Waals surface area (Å²) in [5, 5.41) is 7.09. The fraction of sp³-hybridized carbons (Fsp3) is 0.778. The Bertz CT molecular complexity index is 357. The molecule has 0 aliphatic carbocycles. The molecule has 15 heavy (non-hydrogen) atoms. The van der Waals surface area contributed by atoms with Crippen molar-refractivity contribution in [2.75, 3.05) is 24.0 Å². The highest BCUT2D eigenvalue weighted by Crippen LogP contribution is 2.14. The van der Waals surface area contributed by atoms with Crippen LogP contribution in [-0.2, 0) is 6.54 Å². The number of aromatic nitrogens is 3. The molecule has 0 aliphatic heterocycles. The van der Waals surface area contributed by atoms with E-state index in [1.807, 2.05) is 16.3 Å². The summed E-state index contributed by atoms with van der Waals surface area (Å²) in [6.45, 7) is 5.11. The molecule has 0 amide bonds. The lowest BCUT2D eigenvalue weighted by atomic mass is 10.3. The maximum absolute atomic E-state index is 5.16. The molecule has 1 aromatic heterocycles. The average Bonchev–Trinajstić information content (AvgIpc) is 2.58. The third-order valence-corrected chi connectivity index (χ3v) is 3.57. The van der Waals surface area contributed by atoms with Gasteiger partial charge in [-0.2, -0.15) is 11.8 Å². The van der Waals surface area contributed by atoms with Gasteiger partial charge >= 0.3 is 0 Å². The molecule has 86 valence electrons. The zero-order chi connectivity index (χ0) is 11.4. The maximum Gasteiger partial charge on any atom is 0.225 e. The van der Waals surface area contributed by atoms with Gasteiger partial charge in [-0.25, -0.2) is 5.10 Å². The second kappa shape index (κ2) is 5.55. The summed E-state index contributed by atoms with van der Waals surface area (Å²) in [6, 6.07) is 0.454. The van der Waals surface area contributed by atoms with Crippen LogP contribution >= 0.6 is 24.0 Å². The number of hydrogen-bond donors (Lipinski definition) is 1. The van der Waals surface area contributed by atoms with E-state index in [0.29, 0.717) is 10.8 Å². The molecule has 0 fully saturated rings. The highest BCUT2D eigenvalue weighted by atomic mass is 32.2. The van der Waals surface area contributed by atoms with Crippen LogP contribution in [0.5, 0.6) is 0 Å². The topological polar surface area (TPSA) is 36.9 Å². The predicted molar refractivity (Wildman–Crippen MR) is 69.3 cm³/mol. The highest BCUT2D eigenvalue weighted by Gasteiger charge is 2.15. The van der Waals surface area contributed by atoms with Crippen molar-refractivity contribution in [1.29, 1.82) is 0 Å². The van der Waals surface area contributed by atoms with Crippen molar-refractivity contribution >= 4 is 29.9 Å². The van der Waals surface area contributed by atoms with Crippen LogP contribution < -0.4 is 4.90 Å². The molecule has 0 saturated carbocycles. The zero-order valence-electron chi connectivity index (χ0n) is 9.65. The molecule has 1 heterocycles. The number of nitrogens with zero attached hydrogens (tertiary/aromatic N) is 3. The summed E-state index contributed by atoms with van der Waals surface area (Å²) < 4.78 is 2.70. The summed E-state index contributed by atoms with van der Waals surface area (Å²) in [5.74, 6) is 2.00. The molecule has 4 nitrogen and oxygen atoms in total. The first-order chi connectivity index (χ1) is 7.11. The van der Waals surface area contributed by atoms with Gasteiger partial charge in [-0.05, 0) is 32.3 Å². The Morgan fingerprint density at radius 3 is 2.87 bits per heavy atom. The van der Waals surface area contributed by atoms with Crippen molar-refractivity contribution in [3.05, 3.63) is 4.77 Å². The van der Waals surface area contributed by atoms with Crippen LogP contribution in [0.4, 0.5) is 5.95 Å². The van der Waals surface area contributed by atoms with E-state index < -0.39 is 0 Å². The third-order valence-electron chi connectivity index (χ3n) is 2.44. The Morgan fingerprint density at radius 2 is 2.33 bits per heavy atom. The number of hydrogen-bond acceptors (Lipinski definition) is 4. The van der Waals surface area contributed by atoms with Crippen molar-refractivity contribution in [2.45, 2.75) is 26.4 Å². The molecule has 0 saturated heterocycles. The molecule has 0 aromatic carbocycles. The van der Waals surface area contributed by atoms with Crippen molar-refractivity contribution in [3.63, 3.8) is 0 Å². The van der Waals surface area contributed by atoms with Crippen LogP contribution in [-0.4, -0.2) is 39.9 Å². The molecule has 0 bridgehead atoms. The molecule has 1 rings (SSSR count). The highest BCUT2D eigenvalue weighted by molar-refractivity contribution is 7.98. The quantitative estimate of drug-likeness (QED) is 0.808. The Labute approximate surface area is 100 Å². The molecular formula is C9H18N4S2. The van der Waals surface area contributed by atoms with Crippen molar-refractivity contribution < 1.29 is 0 Å². The molecule has 0 aliphatic rings. The van der Waals surface area contributed by atoms with Gasteiger partial charge in [0.05, 0.1) is 0 Å². The molecule has 0 radical (unpaired) electrons. The number of aromatic amines is 1. The Kier molecular flexibility index (Phi) is 4.66. The lowest BCUT2D eigenvalue weighted by Gasteiger charge is -2.25. The lowest BCUT2D eigenvalue weighted by molar-refractivity contribution is 0.676. The van der Waals surface area contributed by atoms with E-state index >= 15 is 0 Å². The summed E-state index contributed by atoms with van der Waals surface area (Å²) >= 11 is 6.99. The minimum Gasteiger partial charge on any atom is -0.340 e. The smallest absolute Gasteiger partial charge is 0.225 e. The normalized spacial score (nSPS) is 12.8. The van der Waals surface area contributed by atoms with Gasteiger partial charge in [-0.15, -0.1) is 5.10 Å². The predicted octanol–water partition coefficient (Wildman–Crippen LogP) is 2.15. The van der Waals surface area contributed by atoms with Crippen LogP contribution in [0.3, 0.4) is 0 Å². The molecule has 1 unspecified atom stereocenters. The number of rotatable bonds is 5. The summed E-state index contributed by atoms with van der Waals surface area (Å²) in [5.41, 5.74) is 0. The van der Waals surface area contributed by atoms with Crippen LogP contribution in [0.1, 0.15) is 13.8 Å². The second-order valence-electron chi connectivity index (χ2n) is 3.49. The van der Waals surface area contributed by atoms with Crippen LogP contribution in [0.2, 0.25) is 0 Å². The third kappa shape index (κ3) is 2.75. The number of thioether (sulfide) groups is 1. The lowest BCUT2D eigenvalue weighted by Crippen LogP contribution is -2.33. The second-order valence-corrected chi connectivity index (χ2v) is 4.79. The fourth-order valence-corrected chi connectivity index (χ4v) is 2.38. The SMILES string of the molecule is CCn1c(N(C)C(C)CSC)n[nH]c1=S. The number of H-pyrrole nitrogens is 1. The van der Waals surface area contributed by atoms with E-state index in [-0.39, 0.29) is 0 Å². The minimum atomic E-state index is 0.454. The Balaban J connectivity index is 2.90. The average molecular weight is 246 g/mol. The van der Waals surface area contributed by atoms with Crippen molar-refractivity contribution in [1.82, 2.24) is 14.8 Å². The van der Waals surface area contributed by atoms with E-state index in [1.54, 1.807) is 0 Å². The largest absolute Gasteiger partial charge is 0.340 e. The Hall–Kier alpha value is -0.490. The van der Waals surface area contributed by atoms with E-state index in [1.165, 1.54) is 0 Å². The summed E-state index contributed by atoms with van der Waals surface area (Å²) in [7, 11) is 2.05. The van der Waals surface area contributed by atoms with Crippen molar-refractivity contribution in [2.24, 2.45) is 0 Å². The van der Waals surface area contributed by atoms with Gasteiger partial charge in [0, 0.05) is 25.4 Å². The van der Waals surface area contributed by atoms with Gasteiger partial charge < -0.3 is 4.90 Å². The van der Waals surface area contributed by atoms with Gasteiger partial charge in [0.2, 0.25) is 5.95 Å². The van der Waals surface area contributed by atoms with Crippen LogP contribution in [0, 0.1) is 4.77 Å². The fourth-order valence-electron chi connectivity index (χ4n) is 1.41. The first kappa shape index (κ1) is 12.6. The monoisotopic (exact) mass is 246 g/mol. The molecule has 0 spiro atoms. The first-order valence-electron chi connectivity index (χ1n) is 4.98. The van der Waals surface area contributed by atoms with Gasteiger partial charge in [0.25, 0.3) is 0 Å². The molecule has 6 heteroatoms. The van der Waals surface area contributed by atoms with E-state index in [9.17, 15) is 0 Å². The molecular weight excluding hydrogens is 228 g/mol. The number of nitrogens with one attached hydrogen (secondary N) is 1. The van der Waals surface area contributed by atoms with Gasteiger partial charge in [-0.3, -0.25) is 4.57 Å². The Morgan fingerprint density at radius 1 is 1.67 bits per heavy atom. The van der Waals surface area contributed by atoms with Crippen LogP contribution in [0.25, 0.3) is 0 Å². The summed E-state index contributed by atoms with van der Waals surface area (Å²) in [6.07, 6.45) is 2.11. The molecule has 1 aromatic rings. The van der Waals surface area contributed by atoms with Crippen LogP contribution in [0.15, 0.2) is 0 Å². The van der Waals surface area contributed by atoms with Gasteiger partial charge in [-0.1, -0.05) is 0 Å². The molecule has 1 N–H and O–H groups in total. The standard InChI is InChI=1S/C9H18N4S2/c1-5-13-8(10-11-9(13)14)12(3)7(2)6-15-4/h7H,5-6H2,1-4H3,(H,11,14). The van der Waals surface area contributed by atoms with Gasteiger partial charge in [0.15, 0.2) is 4.77 Å². The number of anilines is 1. The molecule has 1 atom stereocenters.